The zero-order chi connectivity index (χ0) is 11.5. The maximum absolute atomic E-state index is 11.6. The molecular weight excluding hydrogens is 214 g/mol. The van der Waals surface area contributed by atoms with Crippen LogP contribution in [0.2, 0.25) is 0 Å². The molecule has 1 heterocycles. The average Bonchev–Trinajstić information content (AvgIpc) is 2.62. The second-order valence-corrected chi connectivity index (χ2v) is 6.51. The van der Waals surface area contributed by atoms with E-state index in [1.165, 1.54) is 6.26 Å². The van der Waals surface area contributed by atoms with Gasteiger partial charge >= 0.3 is 0 Å². The van der Waals surface area contributed by atoms with Crippen molar-refractivity contribution < 1.29 is 13.2 Å². The topological polar surface area (TPSA) is 54.5 Å². The third-order valence-corrected chi connectivity index (χ3v) is 4.44. The number of likely N-dealkylation sites (tertiary alicyclic amines) is 1. The monoisotopic (exact) mass is 233 g/mol. The van der Waals surface area contributed by atoms with Gasteiger partial charge in [0.25, 0.3) is 0 Å². The highest BCUT2D eigenvalue weighted by molar-refractivity contribution is 7.91. The quantitative estimate of drug-likeness (QED) is 0.722. The first-order chi connectivity index (χ1) is 6.95. The van der Waals surface area contributed by atoms with Gasteiger partial charge in [-0.15, -0.1) is 0 Å². The lowest BCUT2D eigenvalue weighted by atomic mass is 10.2. The number of hydrogen-bond donors (Lipinski definition) is 0. The minimum absolute atomic E-state index is 0.100. The normalized spacial score (nSPS) is 22.0. The molecule has 1 atom stereocenters. The molecule has 88 valence electrons. The Balaban J connectivity index is 2.46. The van der Waals surface area contributed by atoms with Gasteiger partial charge < -0.3 is 4.90 Å². The molecule has 0 aromatic heterocycles. The highest BCUT2D eigenvalue weighted by atomic mass is 32.2. The van der Waals surface area contributed by atoms with Crippen molar-refractivity contribution in [1.29, 1.82) is 0 Å². The molecule has 1 fully saturated rings. The summed E-state index contributed by atoms with van der Waals surface area (Å²) in [4.78, 5) is 13.3. The van der Waals surface area contributed by atoms with Crippen molar-refractivity contribution in [2.45, 2.75) is 37.9 Å². The van der Waals surface area contributed by atoms with E-state index in [2.05, 4.69) is 0 Å². The van der Waals surface area contributed by atoms with E-state index in [-0.39, 0.29) is 11.2 Å². The van der Waals surface area contributed by atoms with Crippen LogP contribution in [-0.2, 0) is 14.6 Å². The molecule has 0 saturated carbocycles. The number of unbranched alkanes of at least 4 members (excludes halogenated alkanes) is 1. The average molecular weight is 233 g/mol. The third kappa shape index (κ3) is 3.48. The Morgan fingerprint density at radius 1 is 1.47 bits per heavy atom. The summed E-state index contributed by atoms with van der Waals surface area (Å²) >= 11 is 0. The van der Waals surface area contributed by atoms with Crippen LogP contribution < -0.4 is 0 Å². The highest BCUT2D eigenvalue weighted by Crippen LogP contribution is 2.17. The van der Waals surface area contributed by atoms with Crippen molar-refractivity contribution in [3.8, 4) is 0 Å². The van der Waals surface area contributed by atoms with Crippen molar-refractivity contribution in [3.05, 3.63) is 0 Å². The largest absolute Gasteiger partial charge is 0.341 e. The Morgan fingerprint density at radius 2 is 2.13 bits per heavy atom. The summed E-state index contributed by atoms with van der Waals surface area (Å²) in [6.07, 6.45) is 4.27. The Morgan fingerprint density at radius 3 is 2.60 bits per heavy atom. The lowest BCUT2D eigenvalue weighted by Crippen LogP contribution is -2.31. The van der Waals surface area contributed by atoms with E-state index in [9.17, 15) is 13.2 Å². The van der Waals surface area contributed by atoms with Gasteiger partial charge in [0.05, 0.1) is 5.25 Å². The van der Waals surface area contributed by atoms with Crippen molar-refractivity contribution in [3.63, 3.8) is 0 Å². The van der Waals surface area contributed by atoms with Gasteiger partial charge in [0.15, 0.2) is 9.84 Å². The fourth-order valence-electron chi connectivity index (χ4n) is 1.79. The number of nitrogens with zero attached hydrogens (tertiary/aromatic N) is 1. The molecule has 0 N–H and O–H groups in total. The summed E-state index contributed by atoms with van der Waals surface area (Å²) in [6, 6.07) is 0. The predicted molar refractivity (Wildman–Crippen MR) is 59.4 cm³/mol. The molecule has 1 aliphatic rings. The van der Waals surface area contributed by atoms with Crippen molar-refractivity contribution >= 4 is 15.7 Å². The van der Waals surface area contributed by atoms with E-state index in [0.717, 1.165) is 12.8 Å². The number of amides is 1. The van der Waals surface area contributed by atoms with E-state index in [0.29, 0.717) is 25.9 Å². The summed E-state index contributed by atoms with van der Waals surface area (Å²) in [5.74, 6) is 0.100. The smallest absolute Gasteiger partial charge is 0.222 e. The van der Waals surface area contributed by atoms with Crippen LogP contribution >= 0.6 is 0 Å². The van der Waals surface area contributed by atoms with Gasteiger partial charge in [-0.05, 0) is 12.8 Å². The zero-order valence-electron chi connectivity index (χ0n) is 9.40. The van der Waals surface area contributed by atoms with Crippen LogP contribution in [0.1, 0.15) is 32.6 Å². The van der Waals surface area contributed by atoms with Gasteiger partial charge in [-0.1, -0.05) is 13.3 Å². The van der Waals surface area contributed by atoms with Crippen LogP contribution in [0.15, 0.2) is 0 Å². The Hall–Kier alpha value is -0.580. The molecule has 15 heavy (non-hydrogen) atoms. The molecule has 1 amide bonds. The molecule has 4 nitrogen and oxygen atoms in total. The molecule has 0 aromatic rings. The Labute approximate surface area is 91.6 Å². The van der Waals surface area contributed by atoms with E-state index < -0.39 is 9.84 Å². The predicted octanol–water partition coefficient (Wildman–Crippen LogP) is 0.822. The molecule has 0 radical (unpaired) electrons. The summed E-state index contributed by atoms with van der Waals surface area (Å²) in [6.45, 7) is 3.03. The van der Waals surface area contributed by atoms with Crippen LogP contribution in [-0.4, -0.2) is 43.8 Å². The van der Waals surface area contributed by atoms with Crippen molar-refractivity contribution in [1.82, 2.24) is 4.90 Å². The minimum Gasteiger partial charge on any atom is -0.341 e. The first-order valence-electron chi connectivity index (χ1n) is 5.41. The molecular formula is C10H19NO3S. The maximum Gasteiger partial charge on any atom is 0.222 e. The number of carbonyl (C=O) groups is 1. The Bertz CT molecular complexity index is 324. The van der Waals surface area contributed by atoms with Gasteiger partial charge in [-0.3, -0.25) is 4.79 Å². The lowest BCUT2D eigenvalue weighted by Gasteiger charge is -2.15. The number of hydrogen-bond acceptors (Lipinski definition) is 3. The fourth-order valence-corrected chi connectivity index (χ4v) is 2.77. The number of rotatable bonds is 4. The van der Waals surface area contributed by atoms with Crippen molar-refractivity contribution in [2.75, 3.05) is 19.3 Å². The summed E-state index contributed by atoms with van der Waals surface area (Å²) < 4.78 is 22.6. The van der Waals surface area contributed by atoms with Gasteiger partial charge in [0.2, 0.25) is 5.91 Å². The van der Waals surface area contributed by atoms with Crippen LogP contribution in [0.25, 0.3) is 0 Å². The number of carbonyl (C=O) groups excluding carboxylic acids is 1. The van der Waals surface area contributed by atoms with Gasteiger partial charge in [-0.25, -0.2) is 8.42 Å². The summed E-state index contributed by atoms with van der Waals surface area (Å²) in [7, 11) is -2.98. The summed E-state index contributed by atoms with van der Waals surface area (Å²) in [5, 5.41) is -0.344. The fraction of sp³-hybridized carbons (Fsp3) is 0.900. The Kier molecular flexibility index (Phi) is 4.13. The number of sulfone groups is 1. The molecule has 0 spiro atoms. The van der Waals surface area contributed by atoms with Gasteiger partial charge in [0, 0.05) is 25.8 Å². The second kappa shape index (κ2) is 4.96. The van der Waals surface area contributed by atoms with E-state index in [1.807, 2.05) is 6.92 Å². The SMILES string of the molecule is CCCCC(=O)N1CCC(S(C)(=O)=O)C1. The van der Waals surface area contributed by atoms with E-state index >= 15 is 0 Å². The van der Waals surface area contributed by atoms with Gasteiger partial charge in [-0.2, -0.15) is 0 Å². The standard InChI is InChI=1S/C10H19NO3S/c1-3-4-5-10(12)11-7-6-9(8-11)15(2,13)14/h9H,3-8H2,1-2H3. The highest BCUT2D eigenvalue weighted by Gasteiger charge is 2.31. The molecule has 0 aromatic carbocycles. The second-order valence-electron chi connectivity index (χ2n) is 4.18. The van der Waals surface area contributed by atoms with E-state index in [4.69, 9.17) is 0 Å². The van der Waals surface area contributed by atoms with E-state index in [1.54, 1.807) is 4.90 Å². The van der Waals surface area contributed by atoms with Crippen LogP contribution in [0.5, 0.6) is 0 Å². The maximum atomic E-state index is 11.6. The zero-order valence-corrected chi connectivity index (χ0v) is 10.2. The molecule has 0 aliphatic carbocycles. The molecule has 5 heteroatoms. The molecule has 0 bridgehead atoms. The lowest BCUT2D eigenvalue weighted by molar-refractivity contribution is -0.130. The van der Waals surface area contributed by atoms with Crippen LogP contribution in [0, 0.1) is 0 Å². The minimum atomic E-state index is -2.98. The van der Waals surface area contributed by atoms with Crippen LogP contribution in [0.4, 0.5) is 0 Å². The summed E-state index contributed by atoms with van der Waals surface area (Å²) in [5.41, 5.74) is 0. The molecule has 1 rings (SSSR count). The van der Waals surface area contributed by atoms with Crippen molar-refractivity contribution in [2.24, 2.45) is 0 Å². The third-order valence-electron chi connectivity index (χ3n) is 2.85. The molecule has 1 unspecified atom stereocenters. The molecule has 1 aliphatic heterocycles. The first-order valence-corrected chi connectivity index (χ1v) is 7.37. The van der Waals surface area contributed by atoms with Gasteiger partial charge in [0.1, 0.15) is 0 Å². The first kappa shape index (κ1) is 12.5. The van der Waals surface area contributed by atoms with Crippen LogP contribution in [0.3, 0.4) is 0 Å². The molecule has 1 saturated heterocycles.